The Morgan fingerprint density at radius 3 is 2.57 bits per heavy atom. The Labute approximate surface area is 179 Å². The average molecular weight is 412 g/mol. The van der Waals surface area contributed by atoms with Crippen LogP contribution in [0.5, 0.6) is 5.75 Å². The van der Waals surface area contributed by atoms with Crippen molar-refractivity contribution in [2.75, 3.05) is 13.7 Å². The van der Waals surface area contributed by atoms with Crippen molar-refractivity contribution in [2.45, 2.75) is 63.7 Å². The number of nitrogens with one attached hydrogen (secondary N) is 1. The lowest BCUT2D eigenvalue weighted by Crippen LogP contribution is -2.32. The molecule has 0 spiro atoms. The molecule has 2 aromatic carbocycles. The number of hydrogen-bond donors (Lipinski definition) is 2. The van der Waals surface area contributed by atoms with Crippen LogP contribution in [-0.2, 0) is 11.2 Å². The van der Waals surface area contributed by atoms with Crippen LogP contribution in [0.15, 0.2) is 48.5 Å². The van der Waals surface area contributed by atoms with Gasteiger partial charge in [0.25, 0.3) is 0 Å². The highest BCUT2D eigenvalue weighted by Crippen LogP contribution is 2.29. The fourth-order valence-corrected chi connectivity index (χ4v) is 3.96. The first kappa shape index (κ1) is 22.3. The van der Waals surface area contributed by atoms with Crippen LogP contribution in [0, 0.1) is 0 Å². The quantitative estimate of drug-likeness (QED) is 0.597. The lowest BCUT2D eigenvalue weighted by atomic mass is 9.97. The van der Waals surface area contributed by atoms with Gasteiger partial charge in [0.15, 0.2) is 0 Å². The van der Waals surface area contributed by atoms with Gasteiger partial charge in [0.2, 0.25) is 0 Å². The summed E-state index contributed by atoms with van der Waals surface area (Å²) in [5.41, 5.74) is 2.30. The molecule has 2 aromatic rings. The molecule has 5 nitrogen and oxygen atoms in total. The maximum atomic E-state index is 12.3. The van der Waals surface area contributed by atoms with Gasteiger partial charge >= 0.3 is 5.97 Å². The van der Waals surface area contributed by atoms with Crippen LogP contribution < -0.4 is 10.1 Å². The molecule has 0 unspecified atom stereocenters. The summed E-state index contributed by atoms with van der Waals surface area (Å²) in [7, 11) is 1.36. The number of hydrogen-bond acceptors (Lipinski definition) is 5. The van der Waals surface area contributed by atoms with E-state index in [1.807, 2.05) is 24.3 Å². The van der Waals surface area contributed by atoms with Gasteiger partial charge in [-0.1, -0.05) is 42.8 Å². The topological polar surface area (TPSA) is 67.8 Å². The number of carbonyl (C=O) groups is 1. The molecule has 30 heavy (non-hydrogen) atoms. The van der Waals surface area contributed by atoms with E-state index in [0.717, 1.165) is 32.1 Å². The molecule has 0 saturated heterocycles. The van der Waals surface area contributed by atoms with E-state index in [-0.39, 0.29) is 12.1 Å². The maximum absolute atomic E-state index is 12.3. The third kappa shape index (κ3) is 6.31. The first-order chi connectivity index (χ1) is 14.6. The highest BCUT2D eigenvalue weighted by atomic mass is 16.5. The standard InChI is InChI=1S/C25H33NO4/c1-18(15-19-9-5-3-6-10-19)26-17-23(27)20-13-14-24(22(16-20)25(28)29-2)30-21-11-7-4-8-12-21/h3,5-6,9-10,13-14,16,18,21,23,26-27H,4,7-8,11-12,15,17H2,1-2H3/t18-,23+/m1/s1. The minimum atomic E-state index is -0.727. The SMILES string of the molecule is COC(=O)c1cc([C@@H](O)CN[C@H](C)Cc2ccccc2)ccc1OC1CCCCC1. The minimum absolute atomic E-state index is 0.137. The molecule has 0 aromatic heterocycles. The van der Waals surface area contributed by atoms with Crippen molar-refractivity contribution in [2.24, 2.45) is 0 Å². The lowest BCUT2D eigenvalue weighted by molar-refractivity contribution is 0.0590. The van der Waals surface area contributed by atoms with Gasteiger partial charge in [-0.3, -0.25) is 0 Å². The molecule has 2 atom stereocenters. The Morgan fingerprint density at radius 1 is 1.13 bits per heavy atom. The van der Waals surface area contributed by atoms with Crippen molar-refractivity contribution in [1.29, 1.82) is 0 Å². The first-order valence-corrected chi connectivity index (χ1v) is 10.9. The van der Waals surface area contributed by atoms with Crippen LogP contribution in [0.1, 0.15) is 66.6 Å². The molecule has 3 rings (SSSR count). The molecule has 162 valence electrons. The zero-order valence-electron chi connectivity index (χ0n) is 18.0. The zero-order chi connectivity index (χ0) is 21.3. The van der Waals surface area contributed by atoms with Gasteiger partial charge in [-0.25, -0.2) is 4.79 Å². The molecule has 2 N–H and O–H groups in total. The second kappa shape index (κ2) is 11.1. The summed E-state index contributed by atoms with van der Waals surface area (Å²) in [5.74, 6) is 0.0929. The number of aliphatic hydroxyl groups excluding tert-OH is 1. The Kier molecular flexibility index (Phi) is 8.29. The van der Waals surface area contributed by atoms with Crippen LogP contribution in [-0.4, -0.2) is 36.9 Å². The molecule has 0 heterocycles. The number of carbonyl (C=O) groups excluding carboxylic acids is 1. The predicted molar refractivity (Wildman–Crippen MR) is 118 cm³/mol. The summed E-state index contributed by atoms with van der Waals surface area (Å²) < 4.78 is 11.1. The van der Waals surface area contributed by atoms with Crippen LogP contribution in [0.25, 0.3) is 0 Å². The number of ether oxygens (including phenoxy) is 2. The molecule has 0 amide bonds. The number of methoxy groups -OCH3 is 1. The van der Waals surface area contributed by atoms with E-state index in [1.54, 1.807) is 12.1 Å². The first-order valence-electron chi connectivity index (χ1n) is 10.9. The lowest BCUT2D eigenvalue weighted by Gasteiger charge is -2.24. The van der Waals surface area contributed by atoms with Crippen LogP contribution in [0.2, 0.25) is 0 Å². The number of aliphatic hydroxyl groups is 1. The Morgan fingerprint density at radius 2 is 1.87 bits per heavy atom. The highest BCUT2D eigenvalue weighted by molar-refractivity contribution is 5.92. The second-order valence-electron chi connectivity index (χ2n) is 8.14. The number of rotatable bonds is 9. The van der Waals surface area contributed by atoms with Crippen molar-refractivity contribution < 1.29 is 19.4 Å². The summed E-state index contributed by atoms with van der Waals surface area (Å²) in [4.78, 5) is 12.3. The largest absolute Gasteiger partial charge is 0.490 e. The summed E-state index contributed by atoms with van der Waals surface area (Å²) >= 11 is 0. The minimum Gasteiger partial charge on any atom is -0.490 e. The average Bonchev–Trinajstić information content (AvgIpc) is 2.78. The number of esters is 1. The summed E-state index contributed by atoms with van der Waals surface area (Å²) in [5, 5.41) is 14.0. The van der Waals surface area contributed by atoms with Crippen molar-refractivity contribution in [3.63, 3.8) is 0 Å². The molecule has 1 fully saturated rings. The van der Waals surface area contributed by atoms with Gasteiger partial charge in [-0.15, -0.1) is 0 Å². The van der Waals surface area contributed by atoms with Gasteiger partial charge in [0, 0.05) is 12.6 Å². The smallest absolute Gasteiger partial charge is 0.341 e. The zero-order valence-corrected chi connectivity index (χ0v) is 18.0. The second-order valence-corrected chi connectivity index (χ2v) is 8.14. The van der Waals surface area contributed by atoms with Gasteiger partial charge in [0.05, 0.1) is 19.3 Å². The normalized spacial score (nSPS) is 16.6. The van der Waals surface area contributed by atoms with Crippen LogP contribution in [0.4, 0.5) is 0 Å². The maximum Gasteiger partial charge on any atom is 0.341 e. The molecular weight excluding hydrogens is 378 g/mol. The molecule has 5 heteroatoms. The van der Waals surface area contributed by atoms with Crippen molar-refractivity contribution in [1.82, 2.24) is 5.32 Å². The van der Waals surface area contributed by atoms with E-state index in [1.165, 1.54) is 19.1 Å². The Balaban J connectivity index is 1.63. The molecule has 0 bridgehead atoms. The van der Waals surface area contributed by atoms with Crippen molar-refractivity contribution in [3.8, 4) is 5.75 Å². The molecule has 1 saturated carbocycles. The summed E-state index contributed by atoms with van der Waals surface area (Å²) in [6.07, 6.45) is 5.86. The molecule has 0 aliphatic heterocycles. The highest BCUT2D eigenvalue weighted by Gasteiger charge is 2.21. The van der Waals surface area contributed by atoms with Crippen molar-refractivity contribution >= 4 is 5.97 Å². The fourth-order valence-electron chi connectivity index (χ4n) is 3.96. The van der Waals surface area contributed by atoms with Gasteiger partial charge in [-0.05, 0) is 62.3 Å². The van der Waals surface area contributed by atoms with Gasteiger partial charge in [-0.2, -0.15) is 0 Å². The molecular formula is C25H33NO4. The van der Waals surface area contributed by atoms with E-state index in [0.29, 0.717) is 23.4 Å². The van der Waals surface area contributed by atoms with E-state index < -0.39 is 12.1 Å². The van der Waals surface area contributed by atoms with E-state index in [2.05, 4.69) is 24.4 Å². The summed E-state index contributed by atoms with van der Waals surface area (Å²) in [6, 6.07) is 15.8. The van der Waals surface area contributed by atoms with E-state index in [4.69, 9.17) is 9.47 Å². The van der Waals surface area contributed by atoms with Crippen LogP contribution in [0.3, 0.4) is 0 Å². The predicted octanol–water partition coefficient (Wildman–Crippen LogP) is 4.44. The summed E-state index contributed by atoms with van der Waals surface area (Å²) in [6.45, 7) is 2.50. The molecule has 1 aliphatic rings. The van der Waals surface area contributed by atoms with Gasteiger partial charge < -0.3 is 19.9 Å². The third-order valence-electron chi connectivity index (χ3n) is 5.68. The van der Waals surface area contributed by atoms with Gasteiger partial charge in [0.1, 0.15) is 11.3 Å². The van der Waals surface area contributed by atoms with E-state index >= 15 is 0 Å². The molecule has 1 aliphatic carbocycles. The molecule has 0 radical (unpaired) electrons. The van der Waals surface area contributed by atoms with E-state index in [9.17, 15) is 9.90 Å². The van der Waals surface area contributed by atoms with Crippen LogP contribution >= 0.6 is 0 Å². The Hall–Kier alpha value is -2.37. The fraction of sp³-hybridized carbons (Fsp3) is 0.480. The third-order valence-corrected chi connectivity index (χ3v) is 5.68. The van der Waals surface area contributed by atoms with Crippen molar-refractivity contribution in [3.05, 3.63) is 65.2 Å². The number of benzene rings is 2. The Bertz CT molecular complexity index is 802. The monoisotopic (exact) mass is 411 g/mol.